The average molecular weight is 360 g/mol. The number of para-hydroxylation sites is 1. The van der Waals surface area contributed by atoms with Gasteiger partial charge in [0, 0.05) is 13.2 Å². The van der Waals surface area contributed by atoms with Gasteiger partial charge in [-0.15, -0.1) is 0 Å². The van der Waals surface area contributed by atoms with E-state index in [4.69, 9.17) is 9.47 Å². The monoisotopic (exact) mass is 360 g/mol. The molecule has 1 aliphatic rings. The van der Waals surface area contributed by atoms with Crippen LogP contribution in [0.3, 0.4) is 0 Å². The Morgan fingerprint density at radius 2 is 2.23 bits per heavy atom. The Hall–Kier alpha value is -2.29. The zero-order valence-electron chi connectivity index (χ0n) is 15.0. The molecule has 2 heterocycles. The minimum Gasteiger partial charge on any atom is -0.379 e. The third kappa shape index (κ3) is 4.46. The maximum atomic E-state index is 12.6. The SMILES string of the molecule is CN(C)CCO[C@H]1CCOC[C@H]1NC(=O)c1nc2ccccc2c(=O)[nH]1. The van der Waals surface area contributed by atoms with Crippen molar-refractivity contribution < 1.29 is 14.3 Å². The van der Waals surface area contributed by atoms with E-state index in [1.807, 2.05) is 19.0 Å². The standard InChI is InChI=1S/C18H24N4O4/c1-22(2)8-10-26-15-7-9-25-11-14(15)20-18(24)16-19-13-6-4-3-5-12(13)17(23)21-16/h3-6,14-15H,7-11H2,1-2H3,(H,20,24)(H,19,21,23)/t14-,15+/m1/s1. The van der Waals surface area contributed by atoms with Gasteiger partial charge < -0.3 is 24.7 Å². The molecule has 3 rings (SSSR count). The van der Waals surface area contributed by atoms with E-state index < -0.39 is 5.91 Å². The molecule has 0 unspecified atom stereocenters. The van der Waals surface area contributed by atoms with Crippen molar-refractivity contribution in [2.24, 2.45) is 0 Å². The Morgan fingerprint density at radius 1 is 1.42 bits per heavy atom. The molecule has 1 aromatic heterocycles. The highest BCUT2D eigenvalue weighted by Gasteiger charge is 2.29. The highest BCUT2D eigenvalue weighted by molar-refractivity contribution is 5.92. The molecule has 0 spiro atoms. The molecule has 0 saturated carbocycles. The predicted molar refractivity (Wildman–Crippen MR) is 97.3 cm³/mol. The number of H-pyrrole nitrogens is 1. The Morgan fingerprint density at radius 3 is 3.04 bits per heavy atom. The van der Waals surface area contributed by atoms with E-state index in [9.17, 15) is 9.59 Å². The predicted octanol–water partition coefficient (Wildman–Crippen LogP) is 0.389. The van der Waals surface area contributed by atoms with Gasteiger partial charge in [-0.1, -0.05) is 12.1 Å². The smallest absolute Gasteiger partial charge is 0.287 e. The number of carbonyl (C=O) groups excluding carboxylic acids is 1. The van der Waals surface area contributed by atoms with Gasteiger partial charge in [0.25, 0.3) is 11.5 Å². The molecule has 0 bridgehead atoms. The fraction of sp³-hybridized carbons (Fsp3) is 0.500. The van der Waals surface area contributed by atoms with Gasteiger partial charge in [0.15, 0.2) is 5.82 Å². The quantitative estimate of drug-likeness (QED) is 0.774. The second kappa shape index (κ2) is 8.39. The second-order valence-corrected chi connectivity index (χ2v) is 6.59. The number of aromatic nitrogens is 2. The number of benzene rings is 1. The van der Waals surface area contributed by atoms with Crippen molar-refractivity contribution in [1.82, 2.24) is 20.2 Å². The summed E-state index contributed by atoms with van der Waals surface area (Å²) >= 11 is 0. The lowest BCUT2D eigenvalue weighted by Gasteiger charge is -2.32. The van der Waals surface area contributed by atoms with Crippen LogP contribution in [0.5, 0.6) is 0 Å². The molecular formula is C18H24N4O4. The normalized spacial score (nSPS) is 20.4. The van der Waals surface area contributed by atoms with Crippen molar-refractivity contribution in [2.45, 2.75) is 18.6 Å². The van der Waals surface area contributed by atoms with Crippen LogP contribution in [-0.2, 0) is 9.47 Å². The largest absolute Gasteiger partial charge is 0.379 e. The average Bonchev–Trinajstić information content (AvgIpc) is 2.63. The van der Waals surface area contributed by atoms with E-state index in [0.29, 0.717) is 37.1 Å². The van der Waals surface area contributed by atoms with E-state index >= 15 is 0 Å². The van der Waals surface area contributed by atoms with E-state index in [-0.39, 0.29) is 23.5 Å². The molecule has 1 fully saturated rings. The fourth-order valence-electron chi connectivity index (χ4n) is 2.87. The van der Waals surface area contributed by atoms with Crippen molar-refractivity contribution in [3.05, 3.63) is 40.4 Å². The minimum atomic E-state index is -0.440. The summed E-state index contributed by atoms with van der Waals surface area (Å²) in [5.41, 5.74) is 0.152. The maximum absolute atomic E-state index is 12.6. The number of aromatic amines is 1. The van der Waals surface area contributed by atoms with Crippen molar-refractivity contribution in [3.8, 4) is 0 Å². The summed E-state index contributed by atoms with van der Waals surface area (Å²) in [4.78, 5) is 33.5. The number of nitrogens with one attached hydrogen (secondary N) is 2. The summed E-state index contributed by atoms with van der Waals surface area (Å²) in [6.07, 6.45) is 0.583. The summed E-state index contributed by atoms with van der Waals surface area (Å²) in [6.45, 7) is 2.35. The van der Waals surface area contributed by atoms with E-state index in [1.165, 1.54) is 0 Å². The van der Waals surface area contributed by atoms with Crippen LogP contribution in [0.15, 0.2) is 29.1 Å². The van der Waals surface area contributed by atoms with Gasteiger partial charge in [-0.05, 0) is 32.6 Å². The highest BCUT2D eigenvalue weighted by Crippen LogP contribution is 2.13. The second-order valence-electron chi connectivity index (χ2n) is 6.59. The van der Waals surface area contributed by atoms with Gasteiger partial charge in [0.2, 0.25) is 0 Å². The lowest BCUT2D eigenvalue weighted by atomic mass is 10.1. The number of fused-ring (bicyclic) bond motifs is 1. The van der Waals surface area contributed by atoms with Crippen molar-refractivity contribution >= 4 is 16.8 Å². The number of hydrogen-bond donors (Lipinski definition) is 2. The maximum Gasteiger partial charge on any atom is 0.287 e. The number of ether oxygens (including phenoxy) is 2. The van der Waals surface area contributed by atoms with Crippen molar-refractivity contribution in [1.29, 1.82) is 0 Å². The van der Waals surface area contributed by atoms with E-state index in [0.717, 1.165) is 6.54 Å². The minimum absolute atomic E-state index is 0.00804. The van der Waals surface area contributed by atoms with Crippen LogP contribution in [-0.4, -0.2) is 73.4 Å². The molecule has 2 N–H and O–H groups in total. The Labute approximate surface area is 151 Å². The molecule has 8 heteroatoms. The molecular weight excluding hydrogens is 336 g/mol. The van der Waals surface area contributed by atoms with E-state index in [2.05, 4.69) is 15.3 Å². The molecule has 2 atom stereocenters. The molecule has 0 aliphatic carbocycles. The zero-order chi connectivity index (χ0) is 18.5. The summed E-state index contributed by atoms with van der Waals surface area (Å²) in [5.74, 6) is -0.448. The number of carbonyl (C=O) groups is 1. The zero-order valence-corrected chi connectivity index (χ0v) is 15.0. The fourth-order valence-corrected chi connectivity index (χ4v) is 2.87. The lowest BCUT2D eigenvalue weighted by Crippen LogP contribution is -2.51. The first-order chi connectivity index (χ1) is 12.5. The first-order valence-electron chi connectivity index (χ1n) is 8.68. The van der Waals surface area contributed by atoms with Crippen molar-refractivity contribution in [3.63, 3.8) is 0 Å². The molecule has 1 saturated heterocycles. The molecule has 1 aromatic carbocycles. The topological polar surface area (TPSA) is 96.6 Å². The van der Waals surface area contributed by atoms with Crippen LogP contribution >= 0.6 is 0 Å². The summed E-state index contributed by atoms with van der Waals surface area (Å²) in [7, 11) is 3.96. The van der Waals surface area contributed by atoms with Gasteiger partial charge >= 0.3 is 0 Å². The number of hydrogen-bond acceptors (Lipinski definition) is 6. The number of rotatable bonds is 6. The Bertz CT molecular complexity index is 820. The number of likely N-dealkylation sites (N-methyl/N-ethyl adjacent to an activating group) is 1. The van der Waals surface area contributed by atoms with Crippen LogP contribution in [0.2, 0.25) is 0 Å². The Balaban J connectivity index is 1.70. The van der Waals surface area contributed by atoms with Gasteiger partial charge in [-0.2, -0.15) is 0 Å². The third-order valence-corrected chi connectivity index (χ3v) is 4.31. The first kappa shape index (κ1) is 18.5. The van der Waals surface area contributed by atoms with Gasteiger partial charge in [0.05, 0.1) is 36.3 Å². The molecule has 2 aromatic rings. The van der Waals surface area contributed by atoms with Crippen molar-refractivity contribution in [2.75, 3.05) is 40.5 Å². The van der Waals surface area contributed by atoms with Crippen LogP contribution in [0.4, 0.5) is 0 Å². The van der Waals surface area contributed by atoms with Crippen LogP contribution in [0, 0.1) is 0 Å². The van der Waals surface area contributed by atoms with Crippen LogP contribution in [0.25, 0.3) is 10.9 Å². The molecule has 8 nitrogen and oxygen atoms in total. The molecule has 140 valence electrons. The lowest BCUT2D eigenvalue weighted by molar-refractivity contribution is -0.0562. The third-order valence-electron chi connectivity index (χ3n) is 4.31. The molecule has 1 amide bonds. The van der Waals surface area contributed by atoms with Gasteiger partial charge in [-0.25, -0.2) is 4.98 Å². The summed E-state index contributed by atoms with van der Waals surface area (Å²) in [5, 5.41) is 3.33. The van der Waals surface area contributed by atoms with Gasteiger partial charge in [-0.3, -0.25) is 9.59 Å². The molecule has 26 heavy (non-hydrogen) atoms. The Kier molecular flexibility index (Phi) is 5.97. The summed E-state index contributed by atoms with van der Waals surface area (Å²) < 4.78 is 11.4. The van der Waals surface area contributed by atoms with Gasteiger partial charge in [0.1, 0.15) is 0 Å². The number of nitrogens with zero attached hydrogens (tertiary/aromatic N) is 2. The highest BCUT2D eigenvalue weighted by atomic mass is 16.5. The summed E-state index contributed by atoms with van der Waals surface area (Å²) in [6, 6.07) is 6.63. The molecule has 0 radical (unpaired) electrons. The van der Waals surface area contributed by atoms with Crippen LogP contribution < -0.4 is 10.9 Å². The molecule has 1 aliphatic heterocycles. The van der Waals surface area contributed by atoms with E-state index in [1.54, 1.807) is 24.3 Å². The van der Waals surface area contributed by atoms with Crippen LogP contribution in [0.1, 0.15) is 17.0 Å². The first-order valence-corrected chi connectivity index (χ1v) is 8.68. The number of amides is 1.